The van der Waals surface area contributed by atoms with Gasteiger partial charge in [0.1, 0.15) is 0 Å². The lowest BCUT2D eigenvalue weighted by Crippen LogP contribution is -1.88. The lowest BCUT2D eigenvalue weighted by molar-refractivity contribution is 0.984. The maximum Gasteiger partial charge on any atom is 0.0653 e. The van der Waals surface area contributed by atoms with E-state index in [1.165, 1.54) is 10.9 Å². The van der Waals surface area contributed by atoms with Gasteiger partial charge < -0.3 is 0 Å². The first-order chi connectivity index (χ1) is 6.33. The molecule has 0 aliphatic rings. The molecule has 0 radical (unpaired) electrons. The lowest BCUT2D eigenvalue weighted by Gasteiger charge is -2.06. The van der Waals surface area contributed by atoms with Gasteiger partial charge in [-0.2, -0.15) is 5.10 Å². The van der Waals surface area contributed by atoms with E-state index in [0.29, 0.717) is 5.92 Å². The highest BCUT2D eigenvalue weighted by Crippen LogP contribution is 2.24. The van der Waals surface area contributed by atoms with E-state index in [1.54, 1.807) is 0 Å². The minimum Gasteiger partial charge on any atom is -0.278 e. The molecule has 0 saturated heterocycles. The van der Waals surface area contributed by atoms with Gasteiger partial charge in [-0.1, -0.05) is 25.1 Å². The first-order valence-corrected chi connectivity index (χ1v) is 4.37. The van der Waals surface area contributed by atoms with Crippen molar-refractivity contribution < 1.29 is 0 Å². The summed E-state index contributed by atoms with van der Waals surface area (Å²) in [6.07, 6.45) is 3.81. The van der Waals surface area contributed by atoms with Crippen LogP contribution in [-0.4, -0.2) is 10.2 Å². The summed E-state index contributed by atoms with van der Waals surface area (Å²) in [7, 11) is 0. The van der Waals surface area contributed by atoms with E-state index < -0.39 is 0 Å². The Balaban J connectivity index is 2.67. The van der Waals surface area contributed by atoms with Gasteiger partial charge in [-0.15, -0.1) is 6.58 Å². The summed E-state index contributed by atoms with van der Waals surface area (Å²) in [4.78, 5) is 0. The summed E-state index contributed by atoms with van der Waals surface area (Å²) in [5.41, 5.74) is 2.37. The molecule has 2 nitrogen and oxygen atoms in total. The normalized spacial score (nSPS) is 13.0. The highest BCUT2D eigenvalue weighted by Gasteiger charge is 2.06. The Morgan fingerprint density at radius 1 is 1.54 bits per heavy atom. The second-order valence-electron chi connectivity index (χ2n) is 3.20. The minimum atomic E-state index is 0.376. The van der Waals surface area contributed by atoms with Crippen molar-refractivity contribution in [2.24, 2.45) is 0 Å². The fraction of sp³-hybridized carbons (Fsp3) is 0.182. The van der Waals surface area contributed by atoms with Crippen LogP contribution in [0.5, 0.6) is 0 Å². The van der Waals surface area contributed by atoms with Crippen molar-refractivity contribution >= 4 is 10.9 Å². The zero-order valence-electron chi connectivity index (χ0n) is 7.62. The van der Waals surface area contributed by atoms with Crippen molar-refractivity contribution in [3.05, 3.63) is 42.6 Å². The molecule has 0 amide bonds. The molecule has 1 N–H and O–H groups in total. The van der Waals surface area contributed by atoms with Crippen LogP contribution in [-0.2, 0) is 0 Å². The molecule has 0 aliphatic heterocycles. The molecule has 0 saturated carbocycles. The Morgan fingerprint density at radius 3 is 3.15 bits per heavy atom. The summed E-state index contributed by atoms with van der Waals surface area (Å²) in [6, 6.07) is 6.18. The summed E-state index contributed by atoms with van der Waals surface area (Å²) >= 11 is 0. The fourth-order valence-corrected chi connectivity index (χ4v) is 1.52. The molecule has 1 unspecified atom stereocenters. The Hall–Kier alpha value is -1.57. The van der Waals surface area contributed by atoms with Gasteiger partial charge in [0.15, 0.2) is 0 Å². The van der Waals surface area contributed by atoms with Crippen LogP contribution in [0.3, 0.4) is 0 Å². The number of fused-ring (bicyclic) bond motifs is 1. The molecule has 2 rings (SSSR count). The summed E-state index contributed by atoms with van der Waals surface area (Å²) in [5.74, 6) is 0.376. The quantitative estimate of drug-likeness (QED) is 0.693. The highest BCUT2D eigenvalue weighted by atomic mass is 15.1. The molecule has 13 heavy (non-hydrogen) atoms. The second kappa shape index (κ2) is 3.05. The van der Waals surface area contributed by atoms with Crippen LogP contribution in [0.2, 0.25) is 0 Å². The smallest absolute Gasteiger partial charge is 0.0653 e. The highest BCUT2D eigenvalue weighted by molar-refractivity contribution is 5.82. The Bertz CT molecular complexity index is 428. The van der Waals surface area contributed by atoms with Crippen molar-refractivity contribution in [1.29, 1.82) is 0 Å². The van der Waals surface area contributed by atoms with Gasteiger partial charge in [-0.3, -0.25) is 5.10 Å². The SMILES string of the molecule is C=CC(C)c1cccc2[nH]ncc12. The molecule has 1 aromatic carbocycles. The van der Waals surface area contributed by atoms with E-state index in [2.05, 4.69) is 29.8 Å². The van der Waals surface area contributed by atoms with Gasteiger partial charge in [0.2, 0.25) is 0 Å². The molecular formula is C11H12N2. The number of allylic oxidation sites excluding steroid dienone is 1. The Morgan fingerprint density at radius 2 is 2.38 bits per heavy atom. The summed E-state index contributed by atoms with van der Waals surface area (Å²) in [6.45, 7) is 5.93. The number of aromatic nitrogens is 2. The average Bonchev–Trinajstić information content (AvgIpc) is 2.63. The van der Waals surface area contributed by atoms with E-state index >= 15 is 0 Å². The molecule has 1 atom stereocenters. The zero-order chi connectivity index (χ0) is 9.26. The summed E-state index contributed by atoms with van der Waals surface area (Å²) in [5, 5.41) is 8.16. The first-order valence-electron chi connectivity index (χ1n) is 4.37. The van der Waals surface area contributed by atoms with Gasteiger partial charge in [0.05, 0.1) is 11.7 Å². The van der Waals surface area contributed by atoms with E-state index in [4.69, 9.17) is 0 Å². The topological polar surface area (TPSA) is 28.7 Å². The van der Waals surface area contributed by atoms with Crippen molar-refractivity contribution in [3.63, 3.8) is 0 Å². The van der Waals surface area contributed by atoms with Crippen molar-refractivity contribution in [2.45, 2.75) is 12.8 Å². The summed E-state index contributed by atoms with van der Waals surface area (Å²) < 4.78 is 0. The number of nitrogens with one attached hydrogen (secondary N) is 1. The fourth-order valence-electron chi connectivity index (χ4n) is 1.52. The van der Waals surface area contributed by atoms with E-state index in [1.807, 2.05) is 24.4 Å². The van der Waals surface area contributed by atoms with Crippen LogP contribution < -0.4 is 0 Å². The third-order valence-electron chi connectivity index (χ3n) is 2.36. The minimum absolute atomic E-state index is 0.376. The molecule has 0 spiro atoms. The van der Waals surface area contributed by atoms with Gasteiger partial charge in [0, 0.05) is 5.39 Å². The molecule has 1 aromatic heterocycles. The first kappa shape index (κ1) is 8.05. The molecule has 1 heterocycles. The van der Waals surface area contributed by atoms with Crippen molar-refractivity contribution in [2.75, 3.05) is 0 Å². The number of rotatable bonds is 2. The van der Waals surface area contributed by atoms with Crippen LogP contribution in [0.15, 0.2) is 37.1 Å². The standard InChI is InChI=1S/C11H12N2/c1-3-8(2)9-5-4-6-11-10(9)7-12-13-11/h3-8H,1H2,2H3,(H,12,13). The van der Waals surface area contributed by atoms with Crippen LogP contribution in [0.25, 0.3) is 10.9 Å². The maximum atomic E-state index is 4.02. The molecule has 0 bridgehead atoms. The monoisotopic (exact) mass is 172 g/mol. The zero-order valence-corrected chi connectivity index (χ0v) is 7.62. The number of hydrogen-bond donors (Lipinski definition) is 1. The third-order valence-corrected chi connectivity index (χ3v) is 2.36. The molecule has 2 heteroatoms. The Kier molecular flexibility index (Phi) is 1.89. The molecular weight excluding hydrogens is 160 g/mol. The van der Waals surface area contributed by atoms with Crippen molar-refractivity contribution in [3.8, 4) is 0 Å². The molecule has 2 aromatic rings. The predicted molar refractivity (Wildman–Crippen MR) is 54.7 cm³/mol. The van der Waals surface area contributed by atoms with Crippen LogP contribution in [0.4, 0.5) is 0 Å². The average molecular weight is 172 g/mol. The van der Waals surface area contributed by atoms with E-state index in [9.17, 15) is 0 Å². The number of benzene rings is 1. The van der Waals surface area contributed by atoms with Gasteiger partial charge >= 0.3 is 0 Å². The number of aromatic amines is 1. The van der Waals surface area contributed by atoms with Gasteiger partial charge in [0.25, 0.3) is 0 Å². The third kappa shape index (κ3) is 1.24. The number of nitrogens with zero attached hydrogens (tertiary/aromatic N) is 1. The van der Waals surface area contributed by atoms with Crippen LogP contribution in [0.1, 0.15) is 18.4 Å². The van der Waals surface area contributed by atoms with Gasteiger partial charge in [-0.25, -0.2) is 0 Å². The lowest BCUT2D eigenvalue weighted by atomic mass is 9.98. The largest absolute Gasteiger partial charge is 0.278 e. The number of H-pyrrole nitrogens is 1. The van der Waals surface area contributed by atoms with Crippen LogP contribution >= 0.6 is 0 Å². The van der Waals surface area contributed by atoms with Gasteiger partial charge in [-0.05, 0) is 17.5 Å². The predicted octanol–water partition coefficient (Wildman–Crippen LogP) is 2.85. The molecule has 0 aliphatic carbocycles. The Labute approximate surface area is 77.3 Å². The second-order valence-corrected chi connectivity index (χ2v) is 3.20. The van der Waals surface area contributed by atoms with E-state index in [-0.39, 0.29) is 0 Å². The van der Waals surface area contributed by atoms with E-state index in [0.717, 1.165) is 5.52 Å². The number of hydrogen-bond acceptors (Lipinski definition) is 1. The molecule has 0 fully saturated rings. The van der Waals surface area contributed by atoms with Crippen LogP contribution in [0, 0.1) is 0 Å². The molecule has 66 valence electrons. The maximum absolute atomic E-state index is 4.02. The van der Waals surface area contributed by atoms with Crippen molar-refractivity contribution in [1.82, 2.24) is 10.2 Å².